The molecule has 8 nitrogen and oxygen atoms in total. The van der Waals surface area contributed by atoms with Crippen LogP contribution in [0.15, 0.2) is 54.0 Å². The second kappa shape index (κ2) is 12.6. The normalized spacial score (nSPS) is 19.1. The van der Waals surface area contributed by atoms with Crippen molar-refractivity contribution >= 4 is 13.8 Å². The van der Waals surface area contributed by atoms with Gasteiger partial charge in [0.2, 0.25) is 0 Å². The number of methoxy groups -OCH3 is 1. The molecule has 0 radical (unpaired) electrons. The van der Waals surface area contributed by atoms with Gasteiger partial charge in [-0.3, -0.25) is 4.79 Å². The van der Waals surface area contributed by atoms with Crippen LogP contribution in [-0.2, 0) is 9.30 Å². The summed E-state index contributed by atoms with van der Waals surface area (Å²) in [6.07, 6.45) is 4.41. The van der Waals surface area contributed by atoms with Gasteiger partial charge in [0.15, 0.2) is 17.3 Å². The number of aliphatic hydroxyl groups is 2. The maximum atomic E-state index is 12.2. The summed E-state index contributed by atoms with van der Waals surface area (Å²) in [6, 6.07) is 4.21. The number of phenols is 1. The Balaban J connectivity index is 0.00000420. The standard InChI is InChI=1S/C19H21O8P.K.H/c1-26-19-6-3-12(9-18(19)23)15(20)5-4-14-16(21)10-13(11-17(14)22)27-7-2-8-28(24)25;;/h3-6,9-11,14,16,21-23H,2,7-8H2,1H3;;/q;+1;-1. The topological polar surface area (TPSA) is 136 Å². The smallest absolute Gasteiger partial charge is 1.00 e. The van der Waals surface area contributed by atoms with Crippen molar-refractivity contribution < 1.29 is 91.9 Å². The molecule has 0 bridgehead atoms. The van der Waals surface area contributed by atoms with Crippen LogP contribution in [0.5, 0.6) is 11.5 Å². The van der Waals surface area contributed by atoms with Crippen LogP contribution in [0.1, 0.15) is 18.2 Å². The Hall–Kier alpha value is -1.03. The molecule has 0 aliphatic heterocycles. The second-order valence-corrected chi connectivity index (χ2v) is 7.14. The molecule has 0 spiro atoms. The zero-order valence-corrected chi connectivity index (χ0v) is 20.2. The van der Waals surface area contributed by atoms with E-state index in [1.807, 2.05) is 0 Å². The molecule has 3 unspecified atom stereocenters. The summed E-state index contributed by atoms with van der Waals surface area (Å²) in [5, 5.41) is 30.0. The fourth-order valence-electron chi connectivity index (χ4n) is 2.55. The van der Waals surface area contributed by atoms with Gasteiger partial charge in [-0.05, 0) is 30.4 Å². The molecule has 10 heteroatoms. The molecule has 0 amide bonds. The van der Waals surface area contributed by atoms with Gasteiger partial charge in [-0.25, -0.2) is 0 Å². The third kappa shape index (κ3) is 7.96. The van der Waals surface area contributed by atoms with E-state index in [1.165, 1.54) is 49.6 Å². The van der Waals surface area contributed by atoms with Gasteiger partial charge in [0.25, 0.3) is 0 Å². The van der Waals surface area contributed by atoms with Crippen molar-refractivity contribution in [3.05, 3.63) is 59.6 Å². The van der Waals surface area contributed by atoms with Gasteiger partial charge in [-0.15, -0.1) is 0 Å². The number of benzene rings is 1. The molecule has 152 valence electrons. The molecule has 0 saturated heterocycles. The predicted octanol–water partition coefficient (Wildman–Crippen LogP) is -0.918. The number of rotatable bonds is 9. The first-order valence-electron chi connectivity index (χ1n) is 8.46. The van der Waals surface area contributed by atoms with Crippen molar-refractivity contribution in [2.45, 2.75) is 12.5 Å². The van der Waals surface area contributed by atoms with Gasteiger partial charge in [-0.2, -0.15) is 0 Å². The summed E-state index contributed by atoms with van der Waals surface area (Å²) in [7, 11) is -1.07. The van der Waals surface area contributed by atoms with Gasteiger partial charge in [-0.1, -0.05) is 10.6 Å². The Morgan fingerprint density at radius 1 is 1.38 bits per heavy atom. The molecular formula is C19H22KO8P. The summed E-state index contributed by atoms with van der Waals surface area (Å²) >= 11 is 0. The van der Waals surface area contributed by atoms with Crippen molar-refractivity contribution in [1.29, 1.82) is 0 Å². The molecule has 0 aromatic heterocycles. The number of aliphatic hydroxyl groups excluding tert-OH is 2. The van der Waals surface area contributed by atoms with Crippen LogP contribution in [0.25, 0.3) is 0 Å². The molecule has 1 aliphatic rings. The number of allylic oxidation sites excluding steroid dienone is 2. The van der Waals surface area contributed by atoms with E-state index in [1.54, 1.807) is 0 Å². The Kier molecular flexibility index (Phi) is 11.3. The van der Waals surface area contributed by atoms with E-state index in [-0.39, 0.29) is 94.2 Å². The van der Waals surface area contributed by atoms with E-state index >= 15 is 0 Å². The van der Waals surface area contributed by atoms with E-state index < -0.39 is 25.8 Å². The Labute approximate surface area is 213 Å². The van der Waals surface area contributed by atoms with Crippen molar-refractivity contribution in [2.75, 3.05) is 19.9 Å². The van der Waals surface area contributed by atoms with Crippen LogP contribution in [0.2, 0.25) is 0 Å². The molecule has 2 rings (SSSR count). The first-order chi connectivity index (χ1) is 13.3. The number of aromatic hydroxyl groups is 1. The van der Waals surface area contributed by atoms with Gasteiger partial charge >= 0.3 is 59.4 Å². The van der Waals surface area contributed by atoms with Gasteiger partial charge in [0.05, 0.1) is 25.7 Å². The van der Waals surface area contributed by atoms with E-state index in [4.69, 9.17) is 9.47 Å². The number of ketones is 1. The fraction of sp³-hybridized carbons (Fsp3) is 0.316. The maximum Gasteiger partial charge on any atom is 1.00 e. The van der Waals surface area contributed by atoms with Crippen LogP contribution in [0.4, 0.5) is 0 Å². The average molecular weight is 448 g/mol. The Morgan fingerprint density at radius 3 is 2.69 bits per heavy atom. The summed E-state index contributed by atoms with van der Waals surface area (Å²) in [5.74, 6) is -1.16. The number of hydrogen-bond acceptors (Lipinski definition) is 8. The molecule has 0 heterocycles. The minimum atomic E-state index is -2.47. The average Bonchev–Trinajstić information content (AvgIpc) is 2.64. The Bertz CT molecular complexity index is 840. The first kappa shape index (κ1) is 26.0. The minimum absolute atomic E-state index is 0. The molecule has 0 saturated carbocycles. The zero-order valence-electron chi connectivity index (χ0n) is 17.1. The number of carbonyl (C=O) groups excluding carboxylic acids is 1. The van der Waals surface area contributed by atoms with E-state index in [0.717, 1.165) is 0 Å². The van der Waals surface area contributed by atoms with Gasteiger partial charge in [0.1, 0.15) is 17.7 Å². The van der Waals surface area contributed by atoms with Crippen LogP contribution < -0.4 is 61.0 Å². The molecular weight excluding hydrogens is 426 g/mol. The third-order valence-electron chi connectivity index (χ3n) is 4.01. The largest absolute Gasteiger partial charge is 1.00 e. The monoisotopic (exact) mass is 448 g/mol. The molecule has 1 aromatic rings. The first-order valence-corrected chi connectivity index (χ1v) is 9.82. The van der Waals surface area contributed by atoms with E-state index in [0.29, 0.717) is 6.42 Å². The summed E-state index contributed by atoms with van der Waals surface area (Å²) < 4.78 is 20.7. The molecule has 1 aliphatic carbocycles. The number of phenolic OH excluding ortho intramolecular Hbond substituents is 1. The molecule has 3 atom stereocenters. The summed E-state index contributed by atoms with van der Waals surface area (Å²) in [5.41, 5.74) is 0.222. The van der Waals surface area contributed by atoms with E-state index in [2.05, 4.69) is 0 Å². The van der Waals surface area contributed by atoms with Crippen LogP contribution >= 0.6 is 8.03 Å². The summed E-state index contributed by atoms with van der Waals surface area (Å²) in [6.45, 7) is 0.131. The fourth-order valence-corrected chi connectivity index (χ4v) is 2.94. The SMILES string of the molecule is COc1ccc(C(=O)C=CC2C(O)=CC(OCCC[P+](=O)[O-])=CC2O)cc1O.[H-].[K+]. The van der Waals surface area contributed by atoms with Crippen LogP contribution in [0, 0.1) is 5.92 Å². The quantitative estimate of drug-likeness (QED) is 0.145. The number of carbonyl (C=O) groups is 1. The van der Waals surface area contributed by atoms with Crippen molar-refractivity contribution in [3.63, 3.8) is 0 Å². The van der Waals surface area contributed by atoms with Crippen molar-refractivity contribution in [2.24, 2.45) is 5.92 Å². The molecule has 0 fully saturated rings. The molecule has 3 N–H and O–H groups in total. The van der Waals surface area contributed by atoms with Crippen LogP contribution in [-0.4, -0.2) is 47.1 Å². The minimum Gasteiger partial charge on any atom is -1.00 e. The second-order valence-electron chi connectivity index (χ2n) is 6.02. The van der Waals surface area contributed by atoms with Crippen LogP contribution in [0.3, 0.4) is 0 Å². The number of ether oxygens (including phenoxy) is 2. The summed E-state index contributed by atoms with van der Waals surface area (Å²) in [4.78, 5) is 22.7. The van der Waals surface area contributed by atoms with Gasteiger partial charge < -0.3 is 31.1 Å². The van der Waals surface area contributed by atoms with Crippen molar-refractivity contribution in [3.8, 4) is 11.5 Å². The van der Waals surface area contributed by atoms with Crippen molar-refractivity contribution in [1.82, 2.24) is 0 Å². The van der Waals surface area contributed by atoms with E-state index in [9.17, 15) is 29.6 Å². The maximum absolute atomic E-state index is 12.2. The number of hydrogen-bond donors (Lipinski definition) is 3. The third-order valence-corrected chi connectivity index (χ3v) is 4.69. The zero-order chi connectivity index (χ0) is 20.7. The Morgan fingerprint density at radius 2 is 2.10 bits per heavy atom. The molecule has 29 heavy (non-hydrogen) atoms. The van der Waals surface area contributed by atoms with Gasteiger partial charge in [0, 0.05) is 18.1 Å². The predicted molar refractivity (Wildman–Crippen MR) is 101 cm³/mol. The molecule has 1 aromatic carbocycles.